The molecule has 25 heavy (non-hydrogen) atoms. The first kappa shape index (κ1) is 15.8. The first-order valence-electron chi connectivity index (χ1n) is 8.31. The van der Waals surface area contributed by atoms with Crippen molar-refractivity contribution in [1.29, 1.82) is 0 Å². The van der Waals surface area contributed by atoms with Crippen molar-refractivity contribution in [3.63, 3.8) is 0 Å². The first-order chi connectivity index (χ1) is 12.1. The largest absolute Gasteiger partial charge is 0.391 e. The van der Waals surface area contributed by atoms with Crippen LogP contribution in [0.15, 0.2) is 43.0 Å². The van der Waals surface area contributed by atoms with E-state index in [0.717, 1.165) is 11.9 Å². The first-order valence-corrected chi connectivity index (χ1v) is 8.31. The molecule has 1 saturated carbocycles. The minimum Gasteiger partial charge on any atom is -0.391 e. The molecule has 7 heteroatoms. The van der Waals surface area contributed by atoms with Crippen LogP contribution in [0.2, 0.25) is 0 Å². The zero-order valence-electron chi connectivity index (χ0n) is 13.5. The van der Waals surface area contributed by atoms with E-state index in [1.54, 1.807) is 24.7 Å². The third-order valence-corrected chi connectivity index (χ3v) is 4.80. The Morgan fingerprint density at radius 3 is 3.08 bits per heavy atom. The number of benzene rings is 1. The van der Waals surface area contributed by atoms with Gasteiger partial charge in [0.15, 0.2) is 0 Å². The number of carbonyl (C=O) groups is 1. The molecule has 0 saturated heterocycles. The second-order valence-corrected chi connectivity index (χ2v) is 6.66. The highest BCUT2D eigenvalue weighted by molar-refractivity contribution is 5.98. The Balaban J connectivity index is 1.42. The molecular formula is C18H19FN4O2. The maximum atomic E-state index is 13.3. The van der Waals surface area contributed by atoms with Crippen LogP contribution in [-0.2, 0) is 6.54 Å². The Labute approximate surface area is 143 Å². The van der Waals surface area contributed by atoms with E-state index in [-0.39, 0.29) is 23.7 Å². The minimum atomic E-state index is -0.570. The zero-order chi connectivity index (χ0) is 17.4. The lowest BCUT2D eigenvalue weighted by molar-refractivity contribution is 0.0868. The van der Waals surface area contributed by atoms with Crippen LogP contribution >= 0.6 is 0 Å². The van der Waals surface area contributed by atoms with Gasteiger partial charge in [0, 0.05) is 29.8 Å². The van der Waals surface area contributed by atoms with E-state index in [9.17, 15) is 14.3 Å². The summed E-state index contributed by atoms with van der Waals surface area (Å²) in [7, 11) is 0. The number of nitrogens with one attached hydrogen (secondary N) is 2. The third-order valence-electron chi connectivity index (χ3n) is 4.80. The lowest BCUT2D eigenvalue weighted by atomic mass is 10.1. The number of fused-ring (bicyclic) bond motifs is 1. The summed E-state index contributed by atoms with van der Waals surface area (Å²) in [5.41, 5.74) is 0.945. The van der Waals surface area contributed by atoms with Crippen LogP contribution < -0.4 is 5.32 Å². The quantitative estimate of drug-likeness (QED) is 0.679. The molecule has 1 aliphatic rings. The van der Waals surface area contributed by atoms with Crippen LogP contribution in [0.3, 0.4) is 0 Å². The average molecular weight is 342 g/mol. The number of aromatic nitrogens is 3. The van der Waals surface area contributed by atoms with Crippen molar-refractivity contribution >= 4 is 16.8 Å². The summed E-state index contributed by atoms with van der Waals surface area (Å²) in [5.74, 6) is -0.356. The molecule has 1 unspecified atom stereocenters. The van der Waals surface area contributed by atoms with Gasteiger partial charge in [-0.2, -0.15) is 0 Å². The van der Waals surface area contributed by atoms with Gasteiger partial charge in [-0.1, -0.05) is 0 Å². The van der Waals surface area contributed by atoms with Gasteiger partial charge in [0.2, 0.25) is 0 Å². The summed E-state index contributed by atoms with van der Waals surface area (Å²) in [6, 6.07) is 5.75. The number of carbonyl (C=O) groups excluding carboxylic acids is 1. The predicted octanol–water partition coefficient (Wildman–Crippen LogP) is 2.07. The van der Waals surface area contributed by atoms with Crippen LogP contribution in [0.1, 0.15) is 23.3 Å². The number of amides is 1. The van der Waals surface area contributed by atoms with Gasteiger partial charge in [0.1, 0.15) is 11.5 Å². The highest BCUT2D eigenvalue weighted by atomic mass is 19.1. The fourth-order valence-corrected chi connectivity index (χ4v) is 3.58. The summed E-state index contributed by atoms with van der Waals surface area (Å²) in [4.78, 5) is 19.4. The maximum absolute atomic E-state index is 13.3. The third kappa shape index (κ3) is 3.28. The van der Waals surface area contributed by atoms with E-state index in [1.807, 2.05) is 10.8 Å². The zero-order valence-corrected chi connectivity index (χ0v) is 13.5. The number of hydrogen-bond acceptors (Lipinski definition) is 3. The number of halogens is 1. The van der Waals surface area contributed by atoms with E-state index in [0.29, 0.717) is 24.1 Å². The molecule has 0 spiro atoms. The molecule has 1 aromatic carbocycles. The molecule has 1 fully saturated rings. The number of imidazole rings is 1. The molecule has 3 aromatic rings. The van der Waals surface area contributed by atoms with Crippen molar-refractivity contribution in [3.05, 3.63) is 54.5 Å². The Morgan fingerprint density at radius 1 is 1.40 bits per heavy atom. The average Bonchev–Trinajstić information content (AvgIpc) is 3.28. The summed E-state index contributed by atoms with van der Waals surface area (Å²) < 4.78 is 15.2. The molecule has 0 radical (unpaired) electrons. The van der Waals surface area contributed by atoms with Crippen molar-refractivity contribution in [3.8, 4) is 0 Å². The molecule has 3 atom stereocenters. The molecule has 4 rings (SSSR count). The summed E-state index contributed by atoms with van der Waals surface area (Å²) >= 11 is 0. The fraction of sp³-hybridized carbons (Fsp3) is 0.333. The number of hydrogen-bond donors (Lipinski definition) is 3. The van der Waals surface area contributed by atoms with Gasteiger partial charge < -0.3 is 20.0 Å². The molecular weight excluding hydrogens is 323 g/mol. The smallest absolute Gasteiger partial charge is 0.268 e. The number of aliphatic hydroxyl groups excluding tert-OH is 1. The van der Waals surface area contributed by atoms with Gasteiger partial charge in [-0.05, 0) is 43.0 Å². The second kappa shape index (κ2) is 6.33. The number of aromatic amines is 1. The van der Waals surface area contributed by atoms with Gasteiger partial charge in [-0.3, -0.25) is 4.79 Å². The van der Waals surface area contributed by atoms with Crippen LogP contribution in [0.5, 0.6) is 0 Å². The molecule has 130 valence electrons. The number of H-pyrrole nitrogens is 1. The van der Waals surface area contributed by atoms with Gasteiger partial charge in [-0.25, -0.2) is 9.37 Å². The lowest BCUT2D eigenvalue weighted by Gasteiger charge is -2.15. The molecule has 3 N–H and O–H groups in total. The van der Waals surface area contributed by atoms with Crippen LogP contribution in [0.25, 0.3) is 10.9 Å². The molecule has 0 bridgehead atoms. The predicted molar refractivity (Wildman–Crippen MR) is 90.5 cm³/mol. The minimum absolute atomic E-state index is 0.284. The van der Waals surface area contributed by atoms with Crippen LogP contribution in [-0.4, -0.2) is 37.7 Å². The normalized spacial score (nSPS) is 23.2. The Kier molecular flexibility index (Phi) is 4.01. The summed E-state index contributed by atoms with van der Waals surface area (Å²) in [6.45, 7) is 0.773. The van der Waals surface area contributed by atoms with E-state index in [4.69, 9.17) is 0 Å². The van der Waals surface area contributed by atoms with Gasteiger partial charge in [-0.15, -0.1) is 0 Å². The topological polar surface area (TPSA) is 82.9 Å². The Morgan fingerprint density at radius 2 is 2.28 bits per heavy atom. The Bertz CT molecular complexity index is 890. The van der Waals surface area contributed by atoms with Crippen molar-refractivity contribution in [2.24, 2.45) is 5.92 Å². The number of nitrogens with zero attached hydrogens (tertiary/aromatic N) is 2. The van der Waals surface area contributed by atoms with Gasteiger partial charge >= 0.3 is 0 Å². The maximum Gasteiger partial charge on any atom is 0.268 e. The SMILES string of the molecule is O=C(N[C@@H]1CC(Cn2ccnc2)C[C@H]1O)c1cc2ccc(F)cc2[nH]1. The van der Waals surface area contributed by atoms with Crippen molar-refractivity contribution < 1.29 is 14.3 Å². The van der Waals surface area contributed by atoms with Gasteiger partial charge in [0.25, 0.3) is 5.91 Å². The van der Waals surface area contributed by atoms with E-state index < -0.39 is 6.10 Å². The monoisotopic (exact) mass is 342 g/mol. The summed E-state index contributed by atoms with van der Waals surface area (Å²) in [6.07, 6.45) is 6.15. The van der Waals surface area contributed by atoms with Crippen molar-refractivity contribution in [2.45, 2.75) is 31.5 Å². The molecule has 6 nitrogen and oxygen atoms in total. The molecule has 1 aliphatic carbocycles. The van der Waals surface area contributed by atoms with Gasteiger partial charge in [0.05, 0.1) is 18.5 Å². The highest BCUT2D eigenvalue weighted by Crippen LogP contribution is 2.28. The standard InChI is InChI=1S/C18H19FN4O2/c19-13-2-1-12-7-16(21-14(12)8-13)18(25)22-15-5-11(6-17(15)24)9-23-4-3-20-10-23/h1-4,7-8,10-11,15,17,21,24H,5-6,9H2,(H,22,25)/t11?,15-,17-/m1/s1. The van der Waals surface area contributed by atoms with Crippen LogP contribution in [0, 0.1) is 11.7 Å². The number of rotatable bonds is 4. The van der Waals surface area contributed by atoms with E-state index >= 15 is 0 Å². The van der Waals surface area contributed by atoms with E-state index in [2.05, 4.69) is 15.3 Å². The number of aliphatic hydroxyl groups is 1. The molecule has 2 heterocycles. The van der Waals surface area contributed by atoms with Crippen LogP contribution in [0.4, 0.5) is 4.39 Å². The molecule has 0 aliphatic heterocycles. The highest BCUT2D eigenvalue weighted by Gasteiger charge is 2.34. The van der Waals surface area contributed by atoms with Crippen molar-refractivity contribution in [1.82, 2.24) is 19.9 Å². The second-order valence-electron chi connectivity index (χ2n) is 6.66. The fourth-order valence-electron chi connectivity index (χ4n) is 3.58. The molecule has 1 amide bonds. The van der Waals surface area contributed by atoms with Crippen molar-refractivity contribution in [2.75, 3.05) is 0 Å². The van der Waals surface area contributed by atoms with E-state index in [1.165, 1.54) is 12.1 Å². The summed E-state index contributed by atoms with van der Waals surface area (Å²) in [5, 5.41) is 13.9. The lowest BCUT2D eigenvalue weighted by Crippen LogP contribution is -2.40. The molecule has 2 aromatic heterocycles. The Hall–Kier alpha value is -2.67.